The molecule has 3 N–H and O–H groups in total. The molecule has 1 aliphatic carbocycles. The van der Waals surface area contributed by atoms with Crippen molar-refractivity contribution in [2.75, 3.05) is 0 Å². The minimum Gasteiger partial charge on any atom is -0.276 e. The van der Waals surface area contributed by atoms with Gasteiger partial charge in [-0.1, -0.05) is 0 Å². The molecule has 6 heteroatoms. The summed E-state index contributed by atoms with van der Waals surface area (Å²) in [5, 5.41) is 4.10. The molecule has 0 aromatic carbocycles. The van der Waals surface area contributed by atoms with Crippen LogP contribution in [-0.4, -0.2) is 21.7 Å². The smallest absolute Gasteiger partial charge is 0.248 e. The fraction of sp³-hybridized carbons (Fsp3) is 0.750. The summed E-state index contributed by atoms with van der Waals surface area (Å²) in [7, 11) is 1.86. The van der Waals surface area contributed by atoms with Crippen molar-refractivity contribution in [2.24, 2.45) is 18.8 Å². The molecule has 0 bridgehead atoms. The van der Waals surface area contributed by atoms with Gasteiger partial charge in [-0.3, -0.25) is 16.0 Å². The number of nitrogens with one attached hydrogen (secondary N) is 1. The largest absolute Gasteiger partial charge is 0.276 e. The van der Waals surface area contributed by atoms with Gasteiger partial charge in [0.15, 0.2) is 0 Å². The highest BCUT2D eigenvalue weighted by molar-refractivity contribution is 5.06. The van der Waals surface area contributed by atoms with Crippen molar-refractivity contribution in [3.63, 3.8) is 0 Å². The number of hydrogen-bond donors (Lipinski definition) is 2. The van der Waals surface area contributed by atoms with Crippen LogP contribution in [0.3, 0.4) is 0 Å². The summed E-state index contributed by atoms with van der Waals surface area (Å²) < 4.78 is 28.0. The molecule has 1 atom stereocenters. The van der Waals surface area contributed by atoms with Crippen LogP contribution >= 0.6 is 0 Å². The van der Waals surface area contributed by atoms with E-state index in [0.717, 1.165) is 12.0 Å². The lowest BCUT2D eigenvalue weighted by Gasteiger charge is -2.33. The minimum absolute atomic E-state index is 0.0249. The molecule has 1 fully saturated rings. The van der Waals surface area contributed by atoms with E-state index >= 15 is 0 Å². The fourth-order valence-corrected chi connectivity index (χ4v) is 2.66. The summed E-state index contributed by atoms with van der Waals surface area (Å²) in [6.45, 7) is 0. The van der Waals surface area contributed by atoms with Crippen LogP contribution < -0.4 is 11.3 Å². The quantitative estimate of drug-likeness (QED) is 0.637. The van der Waals surface area contributed by atoms with Crippen molar-refractivity contribution >= 4 is 0 Å². The van der Waals surface area contributed by atoms with E-state index in [1.54, 1.807) is 10.9 Å². The Balaban J connectivity index is 1.93. The monoisotopic (exact) mass is 258 g/mol. The molecule has 1 unspecified atom stereocenters. The Labute approximate surface area is 106 Å². The van der Waals surface area contributed by atoms with Gasteiger partial charge in [0, 0.05) is 32.1 Å². The predicted octanol–water partition coefficient (Wildman–Crippen LogP) is 1.62. The standard InChI is InChI=1S/C12H20F2N4/c1-18-8-9(7-16-18)6-11(17-15)10-2-4-12(13,14)5-3-10/h7-8,10-11,17H,2-6,15H2,1H3. The Hall–Kier alpha value is -1.01. The summed E-state index contributed by atoms with van der Waals surface area (Å²) >= 11 is 0. The predicted molar refractivity (Wildman–Crippen MR) is 64.9 cm³/mol. The molecule has 102 valence electrons. The Kier molecular flexibility index (Phi) is 3.97. The Morgan fingerprint density at radius 1 is 1.56 bits per heavy atom. The second kappa shape index (κ2) is 5.32. The number of hydrogen-bond acceptors (Lipinski definition) is 3. The van der Waals surface area contributed by atoms with E-state index in [9.17, 15) is 8.78 Å². The Bertz CT molecular complexity index is 381. The third-order valence-electron chi connectivity index (χ3n) is 3.76. The number of aryl methyl sites for hydroxylation is 1. The first-order chi connectivity index (χ1) is 8.50. The normalized spacial score (nSPS) is 22.0. The number of aromatic nitrogens is 2. The third-order valence-corrected chi connectivity index (χ3v) is 3.76. The molecule has 0 aliphatic heterocycles. The van der Waals surface area contributed by atoms with Gasteiger partial charge in [-0.25, -0.2) is 8.78 Å². The van der Waals surface area contributed by atoms with Gasteiger partial charge in [-0.2, -0.15) is 5.10 Å². The van der Waals surface area contributed by atoms with Crippen molar-refractivity contribution in [1.29, 1.82) is 0 Å². The van der Waals surface area contributed by atoms with Crippen molar-refractivity contribution in [3.05, 3.63) is 18.0 Å². The van der Waals surface area contributed by atoms with Crippen LogP contribution in [0.4, 0.5) is 8.78 Å². The maximum absolute atomic E-state index is 13.1. The SMILES string of the molecule is Cn1cc(CC(NN)C2CCC(F)(F)CC2)cn1. The van der Waals surface area contributed by atoms with Gasteiger partial charge >= 0.3 is 0 Å². The van der Waals surface area contributed by atoms with Crippen LogP contribution in [0, 0.1) is 5.92 Å². The summed E-state index contributed by atoms with van der Waals surface area (Å²) in [5.74, 6) is 3.30. The van der Waals surface area contributed by atoms with E-state index < -0.39 is 5.92 Å². The zero-order valence-corrected chi connectivity index (χ0v) is 10.6. The van der Waals surface area contributed by atoms with E-state index in [1.165, 1.54) is 0 Å². The molecule has 1 aromatic heterocycles. The van der Waals surface area contributed by atoms with Crippen molar-refractivity contribution in [1.82, 2.24) is 15.2 Å². The molecule has 4 nitrogen and oxygen atoms in total. The van der Waals surface area contributed by atoms with Crippen LogP contribution in [0.5, 0.6) is 0 Å². The zero-order valence-electron chi connectivity index (χ0n) is 10.6. The number of halogens is 2. The van der Waals surface area contributed by atoms with E-state index in [1.807, 2.05) is 13.2 Å². The van der Waals surface area contributed by atoms with Crippen molar-refractivity contribution in [2.45, 2.75) is 44.1 Å². The van der Waals surface area contributed by atoms with Crippen molar-refractivity contribution in [3.8, 4) is 0 Å². The molecule has 0 radical (unpaired) electrons. The maximum Gasteiger partial charge on any atom is 0.248 e. The van der Waals surface area contributed by atoms with Gasteiger partial charge in [-0.05, 0) is 30.7 Å². The highest BCUT2D eigenvalue weighted by Gasteiger charge is 2.37. The van der Waals surface area contributed by atoms with Gasteiger partial charge in [0.05, 0.1) is 6.20 Å². The maximum atomic E-state index is 13.1. The van der Waals surface area contributed by atoms with Gasteiger partial charge in [0.25, 0.3) is 0 Å². The first-order valence-corrected chi connectivity index (χ1v) is 6.32. The van der Waals surface area contributed by atoms with Gasteiger partial charge in [0.2, 0.25) is 5.92 Å². The lowest BCUT2D eigenvalue weighted by molar-refractivity contribution is -0.0495. The first-order valence-electron chi connectivity index (χ1n) is 6.32. The summed E-state index contributed by atoms with van der Waals surface area (Å²) in [5.41, 5.74) is 3.86. The zero-order chi connectivity index (χ0) is 13.2. The second-order valence-corrected chi connectivity index (χ2v) is 5.19. The average Bonchev–Trinajstić information content (AvgIpc) is 2.72. The van der Waals surface area contributed by atoms with Gasteiger partial charge in [-0.15, -0.1) is 0 Å². The average molecular weight is 258 g/mol. The molecule has 1 heterocycles. The fourth-order valence-electron chi connectivity index (χ4n) is 2.66. The Morgan fingerprint density at radius 2 is 2.22 bits per heavy atom. The van der Waals surface area contributed by atoms with E-state index in [0.29, 0.717) is 12.8 Å². The number of rotatable bonds is 4. The molecule has 18 heavy (non-hydrogen) atoms. The van der Waals surface area contributed by atoms with E-state index in [2.05, 4.69) is 10.5 Å². The van der Waals surface area contributed by atoms with Crippen LogP contribution in [0.2, 0.25) is 0 Å². The molecule has 0 spiro atoms. The van der Waals surface area contributed by atoms with Crippen LogP contribution in [0.25, 0.3) is 0 Å². The number of nitrogens with two attached hydrogens (primary N) is 1. The Morgan fingerprint density at radius 3 is 2.72 bits per heavy atom. The minimum atomic E-state index is -2.48. The number of alkyl halides is 2. The lowest BCUT2D eigenvalue weighted by Crippen LogP contribution is -2.44. The van der Waals surface area contributed by atoms with E-state index in [-0.39, 0.29) is 24.8 Å². The van der Waals surface area contributed by atoms with Gasteiger partial charge in [0.1, 0.15) is 0 Å². The highest BCUT2D eigenvalue weighted by Crippen LogP contribution is 2.37. The molecule has 1 aliphatic rings. The molecule has 0 saturated heterocycles. The second-order valence-electron chi connectivity index (χ2n) is 5.19. The molecular formula is C12H20F2N4. The molecular weight excluding hydrogens is 238 g/mol. The van der Waals surface area contributed by atoms with Crippen LogP contribution in [0.15, 0.2) is 12.4 Å². The topological polar surface area (TPSA) is 55.9 Å². The lowest BCUT2D eigenvalue weighted by atomic mass is 9.80. The van der Waals surface area contributed by atoms with Crippen LogP contribution in [-0.2, 0) is 13.5 Å². The summed E-state index contributed by atoms with van der Waals surface area (Å²) in [4.78, 5) is 0. The molecule has 1 aromatic rings. The molecule has 1 saturated carbocycles. The summed E-state index contributed by atoms with van der Waals surface area (Å²) in [6, 6.07) is 0.0466. The van der Waals surface area contributed by atoms with Crippen molar-refractivity contribution < 1.29 is 8.78 Å². The third kappa shape index (κ3) is 3.26. The molecule has 0 amide bonds. The first kappa shape index (κ1) is 13.4. The highest BCUT2D eigenvalue weighted by atomic mass is 19.3. The number of hydrazine groups is 1. The summed E-state index contributed by atoms with van der Waals surface area (Å²) in [6.07, 6.45) is 5.47. The molecule has 2 rings (SSSR count). The van der Waals surface area contributed by atoms with Gasteiger partial charge < -0.3 is 0 Å². The van der Waals surface area contributed by atoms with E-state index in [4.69, 9.17) is 5.84 Å². The van der Waals surface area contributed by atoms with Crippen LogP contribution in [0.1, 0.15) is 31.2 Å². The number of nitrogens with zero attached hydrogens (tertiary/aromatic N) is 2.